The first-order valence-corrected chi connectivity index (χ1v) is 11.9. The number of ether oxygens (including phenoxy) is 2. The molecule has 1 fully saturated rings. The molecule has 174 valence electrons. The lowest BCUT2D eigenvalue weighted by molar-refractivity contribution is -0.144. The van der Waals surface area contributed by atoms with E-state index in [2.05, 4.69) is 15.0 Å². The van der Waals surface area contributed by atoms with E-state index in [1.807, 2.05) is 13.8 Å². The van der Waals surface area contributed by atoms with Crippen LogP contribution in [-0.2, 0) is 37.2 Å². The molecule has 2 heterocycles. The highest BCUT2D eigenvalue weighted by Crippen LogP contribution is 2.57. The monoisotopic (exact) mass is 478 g/mol. The molecule has 1 aliphatic rings. The highest BCUT2D eigenvalue weighted by atomic mass is 32.1. The Bertz CT molecular complexity index is 855. The van der Waals surface area contributed by atoms with Crippen molar-refractivity contribution >= 4 is 37.0 Å². The van der Waals surface area contributed by atoms with Gasteiger partial charge in [0.05, 0.1) is 31.3 Å². The van der Waals surface area contributed by atoms with Crippen molar-refractivity contribution in [2.45, 2.75) is 46.1 Å². The van der Waals surface area contributed by atoms with Gasteiger partial charge in [-0.1, -0.05) is 27.7 Å². The summed E-state index contributed by atoms with van der Waals surface area (Å²) in [6.45, 7) is 6.40. The standard InChI is InChI=1S/C18H27N2O9PS/c1-11(2)13-14(31-9-20-13)17(23)26-10-28-30(24)27-8-18(3,4)15(29-30)16(22)19-7-6-12(21)25-5/h9,11,15H,6-8,10H2,1-5H3,(H,19,22)/t15-,30+/m0/s1. The van der Waals surface area contributed by atoms with Gasteiger partial charge in [0.25, 0.3) is 0 Å². The first kappa shape index (κ1) is 25.4. The molecule has 1 saturated heterocycles. The third-order valence-electron chi connectivity index (χ3n) is 4.36. The van der Waals surface area contributed by atoms with Crippen molar-refractivity contribution in [1.29, 1.82) is 0 Å². The second kappa shape index (κ2) is 10.6. The maximum Gasteiger partial charge on any atom is 0.478 e. The number of hydrogen-bond acceptors (Lipinski definition) is 11. The molecule has 0 bridgehead atoms. The number of nitrogens with zero attached hydrogens (tertiary/aromatic N) is 1. The number of carbonyl (C=O) groups excluding carboxylic acids is 3. The van der Waals surface area contributed by atoms with Crippen LogP contribution in [0.1, 0.15) is 55.4 Å². The molecule has 1 amide bonds. The Balaban J connectivity index is 1.93. The largest absolute Gasteiger partial charge is 0.478 e. The second-order valence-corrected chi connectivity index (χ2v) is 10.2. The molecule has 11 nitrogen and oxygen atoms in total. The van der Waals surface area contributed by atoms with Crippen molar-refractivity contribution in [3.8, 4) is 0 Å². The maximum absolute atomic E-state index is 12.8. The fourth-order valence-corrected chi connectivity index (χ4v) is 4.95. The van der Waals surface area contributed by atoms with Gasteiger partial charge in [-0.2, -0.15) is 0 Å². The van der Waals surface area contributed by atoms with E-state index in [-0.39, 0.29) is 25.5 Å². The number of carbonyl (C=O) groups is 3. The first-order chi connectivity index (χ1) is 14.5. The Morgan fingerprint density at radius 1 is 1.39 bits per heavy atom. The second-order valence-electron chi connectivity index (χ2n) is 7.71. The predicted molar refractivity (Wildman–Crippen MR) is 109 cm³/mol. The number of hydrogen-bond donors (Lipinski definition) is 1. The number of phosphoric acid groups is 1. The van der Waals surface area contributed by atoms with E-state index >= 15 is 0 Å². The van der Waals surface area contributed by atoms with Crippen molar-refractivity contribution < 1.29 is 42.0 Å². The molecule has 31 heavy (non-hydrogen) atoms. The molecule has 1 aromatic rings. The van der Waals surface area contributed by atoms with E-state index < -0.39 is 44.0 Å². The van der Waals surface area contributed by atoms with Gasteiger partial charge in [0.1, 0.15) is 4.88 Å². The van der Waals surface area contributed by atoms with Crippen LogP contribution < -0.4 is 5.32 Å². The van der Waals surface area contributed by atoms with Gasteiger partial charge in [0.15, 0.2) is 6.10 Å². The lowest BCUT2D eigenvalue weighted by Gasteiger charge is -2.39. The van der Waals surface area contributed by atoms with Crippen molar-refractivity contribution in [3.63, 3.8) is 0 Å². The number of phosphoric ester groups is 1. The number of methoxy groups -OCH3 is 1. The van der Waals surface area contributed by atoms with Gasteiger partial charge in [0.2, 0.25) is 12.7 Å². The summed E-state index contributed by atoms with van der Waals surface area (Å²) in [6.07, 6.45) is -1.19. The highest BCUT2D eigenvalue weighted by Gasteiger charge is 2.49. The van der Waals surface area contributed by atoms with Gasteiger partial charge in [-0.3, -0.25) is 18.6 Å². The number of thiazole rings is 1. The van der Waals surface area contributed by atoms with Crippen molar-refractivity contribution in [1.82, 2.24) is 10.3 Å². The van der Waals surface area contributed by atoms with Crippen LogP contribution in [0.25, 0.3) is 0 Å². The Hall–Kier alpha value is -1.85. The quantitative estimate of drug-likeness (QED) is 0.320. The number of esters is 2. The highest BCUT2D eigenvalue weighted by molar-refractivity contribution is 7.48. The van der Waals surface area contributed by atoms with Crippen LogP contribution in [0.2, 0.25) is 0 Å². The van der Waals surface area contributed by atoms with E-state index in [1.165, 1.54) is 12.6 Å². The summed E-state index contributed by atoms with van der Waals surface area (Å²) < 4.78 is 38.0. The molecular weight excluding hydrogens is 451 g/mol. The zero-order valence-corrected chi connectivity index (χ0v) is 19.7. The van der Waals surface area contributed by atoms with Gasteiger partial charge in [-0.25, -0.2) is 18.9 Å². The fourth-order valence-electron chi connectivity index (χ4n) is 2.61. The molecule has 0 saturated carbocycles. The molecule has 0 aliphatic carbocycles. The molecule has 0 radical (unpaired) electrons. The summed E-state index contributed by atoms with van der Waals surface area (Å²) in [6, 6.07) is 0. The zero-order chi connectivity index (χ0) is 23.2. The number of aromatic nitrogens is 1. The van der Waals surface area contributed by atoms with Gasteiger partial charge < -0.3 is 14.8 Å². The summed E-state index contributed by atoms with van der Waals surface area (Å²) in [5.74, 6) is -1.71. The molecule has 1 aromatic heterocycles. The van der Waals surface area contributed by atoms with Crippen molar-refractivity contribution in [2.24, 2.45) is 5.41 Å². The third kappa shape index (κ3) is 6.81. The number of amides is 1. The Kier molecular flexibility index (Phi) is 8.73. The van der Waals surface area contributed by atoms with Crippen LogP contribution in [0.5, 0.6) is 0 Å². The van der Waals surface area contributed by atoms with Gasteiger partial charge >= 0.3 is 19.8 Å². The molecule has 2 rings (SSSR count). The van der Waals surface area contributed by atoms with Gasteiger partial charge in [-0.05, 0) is 5.92 Å². The minimum Gasteiger partial charge on any atom is -0.469 e. The van der Waals surface area contributed by atoms with Crippen LogP contribution in [0.3, 0.4) is 0 Å². The minimum atomic E-state index is -4.17. The third-order valence-corrected chi connectivity index (χ3v) is 6.52. The van der Waals surface area contributed by atoms with Crippen LogP contribution in [-0.4, -0.2) is 56.0 Å². The molecule has 0 spiro atoms. The first-order valence-electron chi connectivity index (χ1n) is 9.51. The van der Waals surface area contributed by atoms with Crippen LogP contribution in [0.4, 0.5) is 0 Å². The molecule has 0 aromatic carbocycles. The Morgan fingerprint density at radius 2 is 2.10 bits per heavy atom. The molecule has 13 heteroatoms. The molecule has 2 atom stereocenters. The molecule has 1 N–H and O–H groups in total. The number of nitrogens with one attached hydrogen (secondary N) is 1. The van der Waals surface area contributed by atoms with E-state index in [0.29, 0.717) is 10.6 Å². The lowest BCUT2D eigenvalue weighted by Crippen LogP contribution is -2.50. The smallest absolute Gasteiger partial charge is 0.469 e. The summed E-state index contributed by atoms with van der Waals surface area (Å²) in [7, 11) is -2.92. The lowest BCUT2D eigenvalue weighted by atomic mass is 9.87. The van der Waals surface area contributed by atoms with Crippen LogP contribution in [0.15, 0.2) is 5.51 Å². The van der Waals surface area contributed by atoms with Crippen molar-refractivity contribution in [2.75, 3.05) is 27.1 Å². The molecular formula is C18H27N2O9PS. The Morgan fingerprint density at radius 3 is 2.74 bits per heavy atom. The van der Waals surface area contributed by atoms with Crippen molar-refractivity contribution in [3.05, 3.63) is 16.1 Å². The average molecular weight is 478 g/mol. The topological polar surface area (TPSA) is 139 Å². The van der Waals surface area contributed by atoms with Gasteiger partial charge in [-0.15, -0.1) is 11.3 Å². The van der Waals surface area contributed by atoms with E-state index in [4.69, 9.17) is 18.3 Å². The molecule has 0 unspecified atom stereocenters. The molecule has 1 aliphatic heterocycles. The normalized spacial score (nSPS) is 22.7. The van der Waals surface area contributed by atoms with Gasteiger partial charge in [0, 0.05) is 12.0 Å². The van der Waals surface area contributed by atoms with E-state index in [9.17, 15) is 18.9 Å². The van der Waals surface area contributed by atoms with E-state index in [1.54, 1.807) is 13.8 Å². The minimum absolute atomic E-state index is 0.0219. The summed E-state index contributed by atoms with van der Waals surface area (Å²) in [4.78, 5) is 40.4. The summed E-state index contributed by atoms with van der Waals surface area (Å²) in [5, 5.41) is 2.53. The number of rotatable bonds is 9. The summed E-state index contributed by atoms with van der Waals surface area (Å²) in [5.41, 5.74) is 1.31. The Labute approximate surface area is 184 Å². The average Bonchev–Trinajstić information content (AvgIpc) is 3.20. The van der Waals surface area contributed by atoms with E-state index in [0.717, 1.165) is 11.3 Å². The zero-order valence-electron chi connectivity index (χ0n) is 18.0. The fraction of sp³-hybridized carbons (Fsp3) is 0.667. The van der Waals surface area contributed by atoms with Crippen LogP contribution >= 0.6 is 19.2 Å². The SMILES string of the molecule is COC(=O)CCNC(=O)[C@@H]1O[P@@](=O)(OCOC(=O)c2scnc2C(C)C)OCC1(C)C. The summed E-state index contributed by atoms with van der Waals surface area (Å²) >= 11 is 1.13. The van der Waals surface area contributed by atoms with Crippen LogP contribution in [0, 0.1) is 5.41 Å². The maximum atomic E-state index is 12.8. The predicted octanol–water partition coefficient (Wildman–Crippen LogP) is 2.63.